The van der Waals surface area contributed by atoms with Gasteiger partial charge in [0.05, 0.1) is 12.3 Å². The summed E-state index contributed by atoms with van der Waals surface area (Å²) in [6.45, 7) is 2.93. The van der Waals surface area contributed by atoms with Crippen LogP contribution in [0.25, 0.3) is 22.6 Å². The molecule has 7 nitrogen and oxygen atoms in total. The number of nitrogens with one attached hydrogen (secondary N) is 2. The van der Waals surface area contributed by atoms with Crippen LogP contribution in [0.5, 0.6) is 5.75 Å². The second-order valence-electron chi connectivity index (χ2n) is 6.80. The molecule has 4 aromatic rings. The number of amides is 1. The van der Waals surface area contributed by atoms with Gasteiger partial charge in [-0.15, -0.1) is 11.3 Å². The molecule has 0 aliphatic heterocycles. The predicted molar refractivity (Wildman–Crippen MR) is 130 cm³/mol. The molecule has 32 heavy (non-hydrogen) atoms. The molecule has 4 rings (SSSR count). The minimum absolute atomic E-state index is 0.150. The normalized spacial score (nSPS) is 10.8. The molecule has 0 aliphatic rings. The SMILES string of the molecule is CCOc1ccc(-c2n[nH]c(=S)n2CCC(=O)Nc2nc(-c3ccc(Cl)cc3)cs2)cc1. The molecule has 0 atom stereocenters. The fraction of sp³-hybridized carbons (Fsp3) is 0.182. The van der Waals surface area contributed by atoms with E-state index in [2.05, 4.69) is 20.5 Å². The average Bonchev–Trinajstić information content (AvgIpc) is 3.40. The van der Waals surface area contributed by atoms with Crippen molar-refractivity contribution in [2.24, 2.45) is 0 Å². The van der Waals surface area contributed by atoms with Gasteiger partial charge in [0, 0.05) is 34.5 Å². The number of rotatable bonds is 8. The van der Waals surface area contributed by atoms with Crippen molar-refractivity contribution in [3.63, 3.8) is 0 Å². The molecular weight excluding hydrogens is 466 g/mol. The first kappa shape index (κ1) is 22.2. The Morgan fingerprint density at radius 3 is 2.62 bits per heavy atom. The molecule has 2 N–H and O–H groups in total. The van der Waals surface area contributed by atoms with Gasteiger partial charge in [-0.05, 0) is 55.5 Å². The van der Waals surface area contributed by atoms with Gasteiger partial charge in [0.15, 0.2) is 15.7 Å². The van der Waals surface area contributed by atoms with Gasteiger partial charge in [-0.3, -0.25) is 14.5 Å². The number of H-pyrrole nitrogens is 1. The van der Waals surface area contributed by atoms with E-state index < -0.39 is 0 Å². The lowest BCUT2D eigenvalue weighted by molar-refractivity contribution is -0.116. The molecule has 0 saturated carbocycles. The number of ether oxygens (including phenoxy) is 1. The second-order valence-corrected chi connectivity index (χ2v) is 8.49. The number of thiazole rings is 1. The van der Waals surface area contributed by atoms with Crippen molar-refractivity contribution in [2.75, 3.05) is 11.9 Å². The third kappa shape index (κ3) is 5.24. The van der Waals surface area contributed by atoms with Gasteiger partial charge in [-0.25, -0.2) is 4.98 Å². The number of anilines is 1. The monoisotopic (exact) mass is 485 g/mol. The lowest BCUT2D eigenvalue weighted by Gasteiger charge is -2.08. The van der Waals surface area contributed by atoms with Crippen LogP contribution >= 0.6 is 35.2 Å². The number of nitrogens with zero attached hydrogens (tertiary/aromatic N) is 3. The van der Waals surface area contributed by atoms with Crippen LogP contribution in [0, 0.1) is 4.77 Å². The van der Waals surface area contributed by atoms with Gasteiger partial charge >= 0.3 is 0 Å². The number of hydrogen-bond donors (Lipinski definition) is 2. The first-order chi connectivity index (χ1) is 15.5. The Morgan fingerprint density at radius 1 is 1.19 bits per heavy atom. The van der Waals surface area contributed by atoms with E-state index in [0.717, 1.165) is 22.6 Å². The summed E-state index contributed by atoms with van der Waals surface area (Å²) in [7, 11) is 0. The van der Waals surface area contributed by atoms with Crippen molar-refractivity contribution in [2.45, 2.75) is 19.9 Å². The number of aromatic nitrogens is 4. The van der Waals surface area contributed by atoms with E-state index >= 15 is 0 Å². The summed E-state index contributed by atoms with van der Waals surface area (Å²) in [6.07, 6.45) is 0.230. The largest absolute Gasteiger partial charge is 0.494 e. The first-order valence-corrected chi connectivity index (χ1v) is 11.6. The summed E-state index contributed by atoms with van der Waals surface area (Å²) in [4.78, 5) is 17.0. The molecule has 0 bridgehead atoms. The predicted octanol–water partition coefficient (Wildman–Crippen LogP) is 5.81. The van der Waals surface area contributed by atoms with Gasteiger partial charge < -0.3 is 10.1 Å². The molecule has 2 heterocycles. The number of hydrogen-bond acceptors (Lipinski definition) is 6. The highest BCUT2D eigenvalue weighted by atomic mass is 35.5. The third-order valence-corrected chi connectivity index (χ3v) is 5.96. The number of benzene rings is 2. The van der Waals surface area contributed by atoms with Crippen LogP contribution in [0.2, 0.25) is 5.02 Å². The Balaban J connectivity index is 1.40. The zero-order valence-corrected chi connectivity index (χ0v) is 19.6. The molecule has 0 spiro atoms. The topological polar surface area (TPSA) is 84.8 Å². The van der Waals surface area contributed by atoms with Crippen molar-refractivity contribution in [1.29, 1.82) is 0 Å². The van der Waals surface area contributed by atoms with Gasteiger partial charge in [0.2, 0.25) is 5.91 Å². The Morgan fingerprint density at radius 2 is 1.91 bits per heavy atom. The maximum Gasteiger partial charge on any atom is 0.227 e. The van der Waals surface area contributed by atoms with Crippen molar-refractivity contribution < 1.29 is 9.53 Å². The zero-order chi connectivity index (χ0) is 22.5. The molecule has 0 saturated heterocycles. The van der Waals surface area contributed by atoms with Crippen LogP contribution < -0.4 is 10.1 Å². The molecule has 1 amide bonds. The van der Waals surface area contributed by atoms with E-state index in [9.17, 15) is 4.79 Å². The Kier molecular flexibility index (Phi) is 6.99. The maximum atomic E-state index is 12.5. The van der Waals surface area contributed by atoms with Crippen molar-refractivity contribution in [1.82, 2.24) is 19.7 Å². The lowest BCUT2D eigenvalue weighted by atomic mass is 10.2. The van der Waals surface area contributed by atoms with Crippen LogP contribution in [-0.4, -0.2) is 32.3 Å². The van der Waals surface area contributed by atoms with Crippen LogP contribution in [0.3, 0.4) is 0 Å². The molecule has 164 valence electrons. The van der Waals surface area contributed by atoms with Crippen molar-refractivity contribution >= 4 is 46.2 Å². The molecule has 0 aliphatic carbocycles. The van der Waals surface area contributed by atoms with Crippen LogP contribution in [0.15, 0.2) is 53.9 Å². The number of halogens is 1. The Hall–Kier alpha value is -3.01. The van der Waals surface area contributed by atoms with Crippen molar-refractivity contribution in [3.05, 3.63) is 63.7 Å². The van der Waals surface area contributed by atoms with Gasteiger partial charge in [-0.1, -0.05) is 23.7 Å². The molecule has 0 fully saturated rings. The highest BCUT2D eigenvalue weighted by molar-refractivity contribution is 7.71. The standard InChI is InChI=1S/C22H20ClN5O2S2/c1-2-30-17-9-5-15(6-10-17)20-26-27-22(31)28(20)12-11-19(29)25-21-24-18(13-32-21)14-3-7-16(23)8-4-14/h3-10,13H,2,11-12H2,1H3,(H,27,31)(H,24,25,29). The van der Waals surface area contributed by atoms with Crippen LogP contribution in [0.1, 0.15) is 13.3 Å². The fourth-order valence-corrected chi connectivity index (χ4v) is 4.18. The highest BCUT2D eigenvalue weighted by Gasteiger charge is 2.13. The zero-order valence-electron chi connectivity index (χ0n) is 17.2. The van der Waals surface area contributed by atoms with E-state index in [1.807, 2.05) is 65.4 Å². The smallest absolute Gasteiger partial charge is 0.227 e. The summed E-state index contributed by atoms with van der Waals surface area (Å²) in [6, 6.07) is 15.0. The van der Waals surface area contributed by atoms with Gasteiger partial charge in [-0.2, -0.15) is 5.10 Å². The third-order valence-electron chi connectivity index (χ3n) is 4.63. The number of carbonyl (C=O) groups is 1. The van der Waals surface area contributed by atoms with E-state index in [1.54, 1.807) is 0 Å². The van der Waals surface area contributed by atoms with E-state index in [-0.39, 0.29) is 12.3 Å². The quantitative estimate of drug-likeness (QED) is 0.307. The number of aromatic amines is 1. The minimum atomic E-state index is -0.150. The summed E-state index contributed by atoms with van der Waals surface area (Å²) in [5.74, 6) is 1.31. The fourth-order valence-electron chi connectivity index (χ4n) is 3.09. The molecular formula is C22H20ClN5O2S2. The minimum Gasteiger partial charge on any atom is -0.494 e. The maximum absolute atomic E-state index is 12.5. The first-order valence-electron chi connectivity index (χ1n) is 9.93. The molecule has 0 radical (unpaired) electrons. The van der Waals surface area contributed by atoms with Gasteiger partial charge in [0.1, 0.15) is 5.75 Å². The molecule has 2 aromatic heterocycles. The van der Waals surface area contributed by atoms with E-state index in [0.29, 0.717) is 33.9 Å². The number of carbonyl (C=O) groups excluding carboxylic acids is 1. The Bertz CT molecular complexity index is 1260. The van der Waals surface area contributed by atoms with Crippen molar-refractivity contribution in [3.8, 4) is 28.4 Å². The summed E-state index contributed by atoms with van der Waals surface area (Å²) < 4.78 is 7.75. The average molecular weight is 486 g/mol. The molecule has 10 heteroatoms. The lowest BCUT2D eigenvalue weighted by Crippen LogP contribution is -2.15. The molecule has 2 aromatic carbocycles. The van der Waals surface area contributed by atoms with E-state index in [1.165, 1.54) is 11.3 Å². The summed E-state index contributed by atoms with van der Waals surface area (Å²) in [5, 5.41) is 13.1. The summed E-state index contributed by atoms with van der Waals surface area (Å²) in [5.41, 5.74) is 2.61. The second kappa shape index (κ2) is 10.1. The van der Waals surface area contributed by atoms with Crippen LogP contribution in [-0.2, 0) is 11.3 Å². The van der Waals surface area contributed by atoms with Crippen LogP contribution in [0.4, 0.5) is 5.13 Å². The van der Waals surface area contributed by atoms with E-state index in [4.69, 9.17) is 28.6 Å². The molecule has 0 unspecified atom stereocenters. The summed E-state index contributed by atoms with van der Waals surface area (Å²) >= 11 is 12.7. The highest BCUT2D eigenvalue weighted by Crippen LogP contribution is 2.26. The van der Waals surface area contributed by atoms with Gasteiger partial charge in [0.25, 0.3) is 0 Å². The Labute approximate surface area is 199 Å².